The number of anilines is 2. The number of nitrogens with zero attached hydrogens (tertiary/aromatic N) is 1. The van der Waals surface area contributed by atoms with Crippen LogP contribution in [-0.4, -0.2) is 43.3 Å². The summed E-state index contributed by atoms with van der Waals surface area (Å²) in [4.78, 5) is 26.2. The number of carboxylic acids is 1. The van der Waals surface area contributed by atoms with Crippen LogP contribution in [0.2, 0.25) is 0 Å². The normalized spacial score (nSPS) is 11.5. The number of amidine groups is 1. The number of hydrogen-bond donors (Lipinski definition) is 5. The van der Waals surface area contributed by atoms with Gasteiger partial charge in [0.15, 0.2) is 0 Å². The van der Waals surface area contributed by atoms with Gasteiger partial charge in [0.25, 0.3) is 5.91 Å². The Morgan fingerprint density at radius 1 is 1.03 bits per heavy atom. The van der Waals surface area contributed by atoms with Crippen molar-refractivity contribution < 1.29 is 23.1 Å². The van der Waals surface area contributed by atoms with Crippen LogP contribution in [0, 0.1) is 5.41 Å². The third-order valence-corrected chi connectivity index (χ3v) is 6.36. The van der Waals surface area contributed by atoms with E-state index in [1.165, 1.54) is 6.07 Å². The molecule has 0 saturated carbocycles. The third kappa shape index (κ3) is 6.06. The third-order valence-electron chi connectivity index (χ3n) is 5.39. The molecule has 36 heavy (non-hydrogen) atoms. The highest BCUT2D eigenvalue weighted by Crippen LogP contribution is 2.29. The van der Waals surface area contributed by atoms with Gasteiger partial charge in [0.2, 0.25) is 10.0 Å². The van der Waals surface area contributed by atoms with Gasteiger partial charge in [-0.2, -0.15) is 0 Å². The van der Waals surface area contributed by atoms with E-state index in [2.05, 4.69) is 5.32 Å². The molecule has 11 heteroatoms. The molecule has 0 atom stereocenters. The van der Waals surface area contributed by atoms with Gasteiger partial charge < -0.3 is 16.2 Å². The molecule has 0 bridgehead atoms. The van der Waals surface area contributed by atoms with Crippen LogP contribution < -0.4 is 21.1 Å². The number of amides is 1. The number of carboxylic acid groups (broad SMARTS) is 1. The molecule has 0 fully saturated rings. The summed E-state index contributed by atoms with van der Waals surface area (Å²) in [7, 11) is -3.97. The molecule has 0 aliphatic heterocycles. The molecule has 188 valence electrons. The Morgan fingerprint density at radius 3 is 2.25 bits per heavy atom. The molecule has 0 spiro atoms. The maximum absolute atomic E-state index is 13.5. The van der Waals surface area contributed by atoms with E-state index < -0.39 is 34.0 Å². The highest BCUT2D eigenvalue weighted by Gasteiger charge is 2.34. The molecule has 0 unspecified atom stereocenters. The fourth-order valence-corrected chi connectivity index (χ4v) is 4.47. The minimum atomic E-state index is -3.97. The number of sulfonamides is 1. The van der Waals surface area contributed by atoms with E-state index in [4.69, 9.17) is 16.3 Å². The molecule has 0 aromatic heterocycles. The van der Waals surface area contributed by atoms with Gasteiger partial charge in [-0.05, 0) is 49.7 Å². The van der Waals surface area contributed by atoms with E-state index >= 15 is 0 Å². The number of carbonyl (C=O) groups is 2. The number of nitrogens with one attached hydrogen (secondary N) is 2. The van der Waals surface area contributed by atoms with Gasteiger partial charge in [-0.3, -0.25) is 19.9 Å². The number of benzene rings is 3. The SMILES string of the molecule is CC(C)(Nc1cccc(C(=N)N)c1)C(=O)N(CC(=O)O)c1ccc(-c2ccccc2S(N)(=O)=O)cc1. The molecule has 3 aromatic rings. The van der Waals surface area contributed by atoms with Crippen LogP contribution in [0.25, 0.3) is 11.1 Å². The highest BCUT2D eigenvalue weighted by molar-refractivity contribution is 7.89. The van der Waals surface area contributed by atoms with Crippen LogP contribution in [0.5, 0.6) is 0 Å². The first-order chi connectivity index (χ1) is 16.8. The predicted molar refractivity (Wildman–Crippen MR) is 138 cm³/mol. The number of primary sulfonamides is 1. The fourth-order valence-electron chi connectivity index (χ4n) is 3.71. The van der Waals surface area contributed by atoms with Crippen LogP contribution in [0.15, 0.2) is 77.7 Å². The molecule has 3 aromatic carbocycles. The Kier molecular flexibility index (Phi) is 7.46. The summed E-state index contributed by atoms with van der Waals surface area (Å²) in [6.45, 7) is 2.63. The van der Waals surface area contributed by atoms with Crippen LogP contribution >= 0.6 is 0 Å². The second-order valence-electron chi connectivity index (χ2n) is 8.62. The molecule has 0 aliphatic rings. The topological polar surface area (TPSA) is 180 Å². The minimum Gasteiger partial charge on any atom is -0.480 e. The van der Waals surface area contributed by atoms with Gasteiger partial charge in [-0.1, -0.05) is 42.5 Å². The van der Waals surface area contributed by atoms with Gasteiger partial charge in [0.1, 0.15) is 17.9 Å². The predicted octanol–water partition coefficient (Wildman–Crippen LogP) is 2.59. The van der Waals surface area contributed by atoms with E-state index in [0.717, 1.165) is 4.90 Å². The minimum absolute atomic E-state index is 0.0469. The van der Waals surface area contributed by atoms with Crippen molar-refractivity contribution in [3.05, 3.63) is 78.4 Å². The van der Waals surface area contributed by atoms with E-state index in [1.807, 2.05) is 0 Å². The quantitative estimate of drug-likeness (QED) is 0.217. The van der Waals surface area contributed by atoms with Gasteiger partial charge in [-0.25, -0.2) is 13.6 Å². The molecule has 7 N–H and O–H groups in total. The van der Waals surface area contributed by atoms with Crippen LogP contribution in [-0.2, 0) is 19.6 Å². The first kappa shape index (κ1) is 26.4. The van der Waals surface area contributed by atoms with Crippen LogP contribution in [0.1, 0.15) is 19.4 Å². The van der Waals surface area contributed by atoms with Gasteiger partial charge in [0, 0.05) is 22.5 Å². The maximum atomic E-state index is 13.5. The molecule has 0 aliphatic carbocycles. The van der Waals surface area contributed by atoms with E-state index in [1.54, 1.807) is 80.6 Å². The van der Waals surface area contributed by atoms with E-state index in [-0.39, 0.29) is 10.7 Å². The number of aliphatic carboxylic acids is 1. The van der Waals surface area contributed by atoms with Gasteiger partial charge in [0.05, 0.1) is 4.90 Å². The number of carbonyl (C=O) groups excluding carboxylic acids is 1. The van der Waals surface area contributed by atoms with Crippen LogP contribution in [0.4, 0.5) is 11.4 Å². The van der Waals surface area contributed by atoms with Crippen molar-refractivity contribution in [3.8, 4) is 11.1 Å². The molecule has 0 radical (unpaired) electrons. The highest BCUT2D eigenvalue weighted by atomic mass is 32.2. The Hall–Kier alpha value is -4.22. The van der Waals surface area contributed by atoms with Crippen molar-refractivity contribution >= 4 is 39.1 Å². The van der Waals surface area contributed by atoms with Crippen LogP contribution in [0.3, 0.4) is 0 Å². The molecule has 0 saturated heterocycles. The summed E-state index contributed by atoms with van der Waals surface area (Å²) < 4.78 is 23.9. The number of nitrogens with two attached hydrogens (primary N) is 2. The molecular weight excluding hydrogens is 482 g/mol. The monoisotopic (exact) mass is 509 g/mol. The average Bonchev–Trinajstić information content (AvgIpc) is 2.81. The number of rotatable bonds is 9. The largest absolute Gasteiger partial charge is 0.480 e. The lowest BCUT2D eigenvalue weighted by atomic mass is 10.0. The van der Waals surface area contributed by atoms with E-state index in [9.17, 15) is 23.1 Å². The smallest absolute Gasteiger partial charge is 0.323 e. The van der Waals surface area contributed by atoms with E-state index in [0.29, 0.717) is 28.1 Å². The zero-order valence-corrected chi connectivity index (χ0v) is 20.5. The molecule has 0 heterocycles. The number of nitrogen functional groups attached to an aromatic ring is 1. The molecule has 3 rings (SSSR count). The Bertz CT molecular complexity index is 1420. The maximum Gasteiger partial charge on any atom is 0.323 e. The Morgan fingerprint density at radius 2 is 1.67 bits per heavy atom. The number of hydrogen-bond acceptors (Lipinski definition) is 6. The first-order valence-electron chi connectivity index (χ1n) is 10.8. The average molecular weight is 510 g/mol. The summed E-state index contributed by atoms with van der Waals surface area (Å²) >= 11 is 0. The fraction of sp³-hybridized carbons (Fsp3) is 0.160. The summed E-state index contributed by atoms with van der Waals surface area (Å²) in [5.74, 6) is -1.85. The van der Waals surface area contributed by atoms with Crippen molar-refractivity contribution in [3.63, 3.8) is 0 Å². The standard InChI is InChI=1S/C25H27N5O5S/c1-25(2,29-18-7-5-6-17(14-18)23(26)27)24(33)30(15-22(31)32)19-12-10-16(11-13-19)20-8-3-4-9-21(20)36(28,34)35/h3-14,29H,15H2,1-2H3,(H3,26,27)(H,31,32)(H2,28,34,35). The molecule has 1 amide bonds. The van der Waals surface area contributed by atoms with Crippen molar-refractivity contribution in [1.82, 2.24) is 0 Å². The van der Waals surface area contributed by atoms with Crippen molar-refractivity contribution in [1.29, 1.82) is 5.41 Å². The van der Waals surface area contributed by atoms with Crippen molar-refractivity contribution in [2.45, 2.75) is 24.3 Å². The molecule has 10 nitrogen and oxygen atoms in total. The summed E-state index contributed by atoms with van der Waals surface area (Å²) in [6.07, 6.45) is 0. The second kappa shape index (κ2) is 10.2. The van der Waals surface area contributed by atoms with Crippen molar-refractivity contribution in [2.75, 3.05) is 16.8 Å². The lowest BCUT2D eigenvalue weighted by Gasteiger charge is -2.33. The zero-order valence-electron chi connectivity index (χ0n) is 19.7. The lowest BCUT2D eigenvalue weighted by Crippen LogP contribution is -2.51. The van der Waals surface area contributed by atoms with Crippen molar-refractivity contribution in [2.24, 2.45) is 10.9 Å². The zero-order chi connectivity index (χ0) is 26.7. The lowest BCUT2D eigenvalue weighted by molar-refractivity contribution is -0.137. The Balaban J connectivity index is 1.94. The van der Waals surface area contributed by atoms with Gasteiger partial charge >= 0.3 is 5.97 Å². The molecular formula is C25H27N5O5S. The van der Waals surface area contributed by atoms with Gasteiger partial charge in [-0.15, -0.1) is 0 Å². The first-order valence-corrected chi connectivity index (χ1v) is 12.3. The second-order valence-corrected chi connectivity index (χ2v) is 10.1. The summed E-state index contributed by atoms with van der Waals surface area (Å²) in [5.41, 5.74) is 6.55. The summed E-state index contributed by atoms with van der Waals surface area (Å²) in [5, 5.41) is 25.5. The summed E-state index contributed by atoms with van der Waals surface area (Å²) in [6, 6.07) is 19.2. The Labute approximate surface area is 209 Å².